The lowest BCUT2D eigenvalue weighted by Gasteiger charge is -2.18. The van der Waals surface area contributed by atoms with E-state index in [1.54, 1.807) is 0 Å². The molecule has 0 bridgehead atoms. The van der Waals surface area contributed by atoms with Crippen LogP contribution in [-0.4, -0.2) is 36.2 Å². The Labute approximate surface area is 197 Å². The smallest absolute Gasteiger partial charge is 0.418 e. The lowest BCUT2D eigenvalue weighted by atomic mass is 9.99. The van der Waals surface area contributed by atoms with Crippen LogP contribution >= 0.6 is 0 Å². The van der Waals surface area contributed by atoms with Gasteiger partial charge >= 0.3 is 7.25 Å². The summed E-state index contributed by atoms with van der Waals surface area (Å²) in [4.78, 5) is 2.49. The molecule has 7 heteroatoms. The highest BCUT2D eigenvalue weighted by molar-refractivity contribution is 6.50. The fourth-order valence-corrected chi connectivity index (χ4v) is 4.71. The molecule has 0 unspecified atom stereocenters. The van der Waals surface area contributed by atoms with Crippen molar-refractivity contribution in [2.24, 2.45) is 0 Å². The van der Waals surface area contributed by atoms with Crippen LogP contribution in [0, 0.1) is 0 Å². The maximum absolute atomic E-state index is 9.75. The Morgan fingerprint density at radius 3 is 1.76 bits per heavy atom. The molecule has 1 aliphatic rings. The van der Waals surface area contributed by atoms with E-state index in [1.807, 2.05) is 0 Å². The van der Waals surface area contributed by atoms with E-state index in [0.29, 0.717) is 12.1 Å². The van der Waals surface area contributed by atoms with E-state index in [2.05, 4.69) is 115 Å². The summed E-state index contributed by atoms with van der Waals surface area (Å²) in [7, 11) is -6.00. The summed E-state index contributed by atoms with van der Waals surface area (Å²) in [5, 5.41) is 5.35. The molecule has 1 heterocycles. The van der Waals surface area contributed by atoms with Crippen molar-refractivity contribution in [2.45, 2.75) is 25.9 Å². The summed E-state index contributed by atoms with van der Waals surface area (Å²) in [5.41, 5.74) is 2.80. The predicted molar refractivity (Wildman–Crippen MR) is 133 cm³/mol. The minimum Gasteiger partial charge on any atom is -0.418 e. The van der Waals surface area contributed by atoms with Crippen molar-refractivity contribution < 1.29 is 21.8 Å². The van der Waals surface area contributed by atoms with Gasteiger partial charge in [-0.05, 0) is 35.4 Å². The third-order valence-electron chi connectivity index (χ3n) is 6.45. The summed E-state index contributed by atoms with van der Waals surface area (Å²) in [6, 6.07) is 31.4. The maximum atomic E-state index is 9.75. The van der Waals surface area contributed by atoms with E-state index in [0.717, 1.165) is 13.1 Å². The summed E-state index contributed by atoms with van der Waals surface area (Å²) in [6.07, 6.45) is 2.35. The first-order valence-electron chi connectivity index (χ1n) is 11.4. The van der Waals surface area contributed by atoms with Crippen molar-refractivity contribution in [3.8, 4) is 0 Å². The van der Waals surface area contributed by atoms with Crippen LogP contribution in [0.5, 0.6) is 0 Å². The summed E-state index contributed by atoms with van der Waals surface area (Å²) in [5.74, 6) is 0. The molecule has 2 atom stereocenters. The Morgan fingerprint density at radius 2 is 1.18 bits per heavy atom. The Bertz CT molecular complexity index is 1300. The largest absolute Gasteiger partial charge is 0.673 e. The lowest BCUT2D eigenvalue weighted by molar-refractivity contribution is -0.555. The Morgan fingerprint density at radius 1 is 0.706 bits per heavy atom. The van der Waals surface area contributed by atoms with Crippen LogP contribution < -0.4 is 0 Å². The van der Waals surface area contributed by atoms with Gasteiger partial charge < -0.3 is 17.3 Å². The van der Waals surface area contributed by atoms with E-state index in [4.69, 9.17) is 0 Å². The van der Waals surface area contributed by atoms with Crippen LogP contribution in [0.25, 0.3) is 21.5 Å². The highest BCUT2D eigenvalue weighted by Gasteiger charge is 2.29. The molecule has 4 aromatic carbocycles. The SMILES string of the molecule is C[C@@H](c1cccc2ccccc12)N1C=[N+]([C@@H](C)c2cccc3ccccc23)CC1.F[B-](F)(F)F. The van der Waals surface area contributed by atoms with Crippen LogP contribution in [0.3, 0.4) is 0 Å². The van der Waals surface area contributed by atoms with Crippen LogP contribution in [0.2, 0.25) is 0 Å². The van der Waals surface area contributed by atoms with Gasteiger partial charge in [0.15, 0.2) is 0 Å². The Balaban J connectivity index is 0.000000499. The van der Waals surface area contributed by atoms with Gasteiger partial charge in [-0.25, -0.2) is 0 Å². The number of rotatable bonds is 4. The quantitative estimate of drug-likeness (QED) is 0.172. The zero-order valence-corrected chi connectivity index (χ0v) is 19.2. The third-order valence-corrected chi connectivity index (χ3v) is 6.45. The summed E-state index contributed by atoms with van der Waals surface area (Å²) in [6.45, 7) is 6.76. The Hall–Kier alpha value is -3.35. The molecule has 0 N–H and O–H groups in total. The van der Waals surface area contributed by atoms with E-state index >= 15 is 0 Å². The van der Waals surface area contributed by atoms with Crippen LogP contribution in [0.4, 0.5) is 17.3 Å². The molecular weight excluding hydrogens is 439 g/mol. The molecule has 0 saturated heterocycles. The van der Waals surface area contributed by atoms with Gasteiger partial charge in [0.2, 0.25) is 6.34 Å². The van der Waals surface area contributed by atoms with Gasteiger partial charge in [-0.15, -0.1) is 0 Å². The van der Waals surface area contributed by atoms with E-state index in [9.17, 15) is 17.3 Å². The van der Waals surface area contributed by atoms with Crippen molar-refractivity contribution in [1.82, 2.24) is 4.90 Å². The average Bonchev–Trinajstić information content (AvgIpc) is 3.32. The second-order valence-electron chi connectivity index (χ2n) is 8.57. The highest BCUT2D eigenvalue weighted by atomic mass is 19.5. The fourth-order valence-electron chi connectivity index (χ4n) is 4.71. The van der Waals surface area contributed by atoms with Crippen molar-refractivity contribution >= 4 is 35.1 Å². The molecule has 4 aromatic rings. The van der Waals surface area contributed by atoms with Crippen molar-refractivity contribution in [3.05, 3.63) is 96.1 Å². The zero-order valence-electron chi connectivity index (χ0n) is 19.2. The molecule has 0 radical (unpaired) electrons. The normalized spacial score (nSPS) is 15.6. The molecule has 1 aliphatic heterocycles. The topological polar surface area (TPSA) is 6.25 Å². The first kappa shape index (κ1) is 23.8. The maximum Gasteiger partial charge on any atom is 0.673 e. The number of halogens is 4. The molecule has 176 valence electrons. The molecule has 2 nitrogen and oxygen atoms in total. The highest BCUT2D eigenvalue weighted by Crippen LogP contribution is 2.31. The summed E-state index contributed by atoms with van der Waals surface area (Å²) < 4.78 is 41.5. The van der Waals surface area contributed by atoms with Gasteiger partial charge in [0.05, 0.1) is 0 Å². The molecule has 0 saturated carbocycles. The van der Waals surface area contributed by atoms with Crippen molar-refractivity contribution in [3.63, 3.8) is 0 Å². The Kier molecular flexibility index (Phi) is 6.91. The van der Waals surface area contributed by atoms with E-state index < -0.39 is 7.25 Å². The van der Waals surface area contributed by atoms with E-state index in [1.165, 1.54) is 32.7 Å². The zero-order chi connectivity index (χ0) is 24.3. The lowest BCUT2D eigenvalue weighted by Crippen LogP contribution is -2.23. The third kappa shape index (κ3) is 5.41. The van der Waals surface area contributed by atoms with Gasteiger partial charge in [-0.2, -0.15) is 0 Å². The van der Waals surface area contributed by atoms with Crippen LogP contribution in [0.15, 0.2) is 84.9 Å². The predicted octanol–water partition coefficient (Wildman–Crippen LogP) is 7.47. The minimum atomic E-state index is -6.00. The number of hydrogen-bond donors (Lipinski definition) is 0. The molecule has 0 aliphatic carbocycles. The van der Waals surface area contributed by atoms with Gasteiger partial charge in [0.1, 0.15) is 25.2 Å². The van der Waals surface area contributed by atoms with Gasteiger partial charge in [0, 0.05) is 11.1 Å². The van der Waals surface area contributed by atoms with Crippen molar-refractivity contribution in [1.29, 1.82) is 0 Å². The molecule has 5 rings (SSSR count). The second kappa shape index (κ2) is 9.88. The average molecular weight is 466 g/mol. The van der Waals surface area contributed by atoms with Crippen molar-refractivity contribution in [2.75, 3.05) is 13.1 Å². The van der Waals surface area contributed by atoms with E-state index in [-0.39, 0.29) is 0 Å². The molecule has 0 fully saturated rings. The number of fused-ring (bicyclic) bond motifs is 2. The minimum absolute atomic E-state index is 0.353. The van der Waals surface area contributed by atoms with Crippen LogP contribution in [0.1, 0.15) is 37.1 Å². The van der Waals surface area contributed by atoms with Crippen LogP contribution in [-0.2, 0) is 0 Å². The molecule has 34 heavy (non-hydrogen) atoms. The summed E-state index contributed by atoms with van der Waals surface area (Å²) >= 11 is 0. The number of benzene rings is 4. The standard InChI is InChI=1S/C27H27N2.BF4/c1-20(24-15-7-11-22-9-3-5-13-26(22)24)28-17-18-29(19-28)21(2)25-16-8-12-23-10-4-6-14-27(23)25;2-1(3,4)5/h3-16,19-21H,17-18H2,1-2H3;/q+1;-1/t20-,21-;/m0./s1. The molecule has 0 spiro atoms. The van der Waals surface area contributed by atoms with Gasteiger partial charge in [0.25, 0.3) is 0 Å². The molecule has 0 amide bonds. The first-order valence-corrected chi connectivity index (χ1v) is 11.4. The van der Waals surface area contributed by atoms with Gasteiger partial charge in [-0.3, -0.25) is 9.48 Å². The molecular formula is C27H27BF4N2. The monoisotopic (exact) mass is 466 g/mol. The number of nitrogens with zero attached hydrogens (tertiary/aromatic N) is 2. The fraction of sp³-hybridized carbons (Fsp3) is 0.222. The molecule has 0 aromatic heterocycles. The number of hydrogen-bond acceptors (Lipinski definition) is 1. The second-order valence-corrected chi connectivity index (χ2v) is 8.57. The van der Waals surface area contributed by atoms with Gasteiger partial charge in [-0.1, -0.05) is 84.9 Å². The first-order chi connectivity index (χ1) is 16.2.